The molecule has 1 aromatic rings. The fourth-order valence-corrected chi connectivity index (χ4v) is 5.20. The monoisotopic (exact) mass is 592 g/mol. The molecule has 2 amide bonds. The number of hydrogen-bond acceptors (Lipinski definition) is 6. The van der Waals surface area contributed by atoms with E-state index in [0.29, 0.717) is 11.5 Å². The van der Waals surface area contributed by atoms with Crippen molar-refractivity contribution in [2.75, 3.05) is 47.3 Å². The van der Waals surface area contributed by atoms with Crippen LogP contribution in [-0.2, 0) is 16.1 Å². The summed E-state index contributed by atoms with van der Waals surface area (Å²) in [6.07, 6.45) is -5.11. The number of likely N-dealkylation sites (tertiary alicyclic amines) is 2. The van der Waals surface area contributed by atoms with Crippen molar-refractivity contribution in [3.63, 3.8) is 0 Å². The first-order valence-electron chi connectivity index (χ1n) is 11.9. The molecule has 0 bridgehead atoms. The lowest BCUT2D eigenvalue weighted by Crippen LogP contribution is -2.59. The topological polar surface area (TPSA) is 113 Å². The van der Waals surface area contributed by atoms with E-state index in [0.717, 1.165) is 19.6 Å². The summed E-state index contributed by atoms with van der Waals surface area (Å²) in [6.45, 7) is 5.25. The number of carbonyl (C=O) groups is 3. The fraction of sp³-hybridized carbons (Fsp3) is 0.696. The molecule has 0 aliphatic carbocycles. The Morgan fingerprint density at radius 2 is 1.54 bits per heavy atom. The van der Waals surface area contributed by atoms with Gasteiger partial charge in [0.25, 0.3) is 0 Å². The summed E-state index contributed by atoms with van der Waals surface area (Å²) < 4.78 is 63.5. The highest BCUT2D eigenvalue weighted by atomic mass is 32.1. The molecule has 1 unspecified atom stereocenters. The lowest BCUT2D eigenvalue weighted by molar-refractivity contribution is -0.193. The van der Waals surface area contributed by atoms with Gasteiger partial charge in [0, 0.05) is 38.1 Å². The van der Waals surface area contributed by atoms with Crippen LogP contribution in [0.3, 0.4) is 0 Å². The zero-order valence-electron chi connectivity index (χ0n) is 21.8. The highest BCUT2D eigenvalue weighted by Gasteiger charge is 2.46. The second-order valence-corrected chi connectivity index (χ2v) is 10.6. The van der Waals surface area contributed by atoms with Crippen LogP contribution in [0.4, 0.5) is 31.1 Å². The first-order chi connectivity index (χ1) is 17.9. The van der Waals surface area contributed by atoms with E-state index in [2.05, 4.69) is 39.7 Å². The van der Waals surface area contributed by atoms with E-state index in [-0.39, 0.29) is 6.03 Å². The third-order valence-corrected chi connectivity index (χ3v) is 7.39. The Hall–Kier alpha value is -2.59. The number of hydrogen-bond donors (Lipinski definition) is 3. The molecule has 39 heavy (non-hydrogen) atoms. The van der Waals surface area contributed by atoms with E-state index < -0.39 is 24.3 Å². The van der Waals surface area contributed by atoms with E-state index in [1.165, 1.54) is 43.6 Å². The minimum absolute atomic E-state index is 0.0183. The van der Waals surface area contributed by atoms with E-state index in [9.17, 15) is 31.1 Å². The van der Waals surface area contributed by atoms with Gasteiger partial charge in [0.05, 0.1) is 0 Å². The molecule has 0 aromatic carbocycles. The lowest BCUT2D eigenvalue weighted by atomic mass is 9.66. The third kappa shape index (κ3) is 11.6. The summed E-state index contributed by atoms with van der Waals surface area (Å²) in [5, 5.41) is 19.6. The number of rotatable bonds is 4. The lowest BCUT2D eigenvalue weighted by Gasteiger charge is -2.53. The van der Waals surface area contributed by atoms with E-state index in [1.807, 2.05) is 25.4 Å². The maximum absolute atomic E-state index is 12.1. The van der Waals surface area contributed by atoms with Crippen molar-refractivity contribution in [3.05, 3.63) is 22.4 Å². The minimum atomic E-state index is -5.08. The molecule has 2 aliphatic rings. The first kappa shape index (κ1) is 34.4. The van der Waals surface area contributed by atoms with Gasteiger partial charge in [-0.2, -0.15) is 26.3 Å². The second kappa shape index (κ2) is 14.7. The first-order valence-corrected chi connectivity index (χ1v) is 12.8. The van der Waals surface area contributed by atoms with E-state index in [4.69, 9.17) is 19.8 Å². The maximum Gasteiger partial charge on any atom is 0.490 e. The predicted molar refractivity (Wildman–Crippen MR) is 131 cm³/mol. The maximum atomic E-state index is 12.1. The Labute approximate surface area is 226 Å². The Balaban J connectivity index is 0.000000449. The largest absolute Gasteiger partial charge is 0.490 e. The molecular weight excluding hydrogens is 558 g/mol. The Morgan fingerprint density at radius 1 is 1.03 bits per heavy atom. The highest BCUT2D eigenvalue weighted by Crippen LogP contribution is 2.44. The SMILES string of the molecule is CN1CCC2(CCCN(Cc3cccs3)C2CNC(=O)N(C)C)CC1.O=C(O)C(F)(F)F.O=C(O)C(F)(F)F. The molecule has 1 atom stereocenters. The number of carboxylic acids is 2. The van der Waals surface area contributed by atoms with Gasteiger partial charge >= 0.3 is 30.3 Å². The summed E-state index contributed by atoms with van der Waals surface area (Å²) in [6, 6.07) is 4.82. The van der Waals surface area contributed by atoms with Crippen LogP contribution in [0.5, 0.6) is 0 Å². The number of halogens is 6. The highest BCUT2D eigenvalue weighted by molar-refractivity contribution is 7.09. The van der Waals surface area contributed by atoms with E-state index in [1.54, 1.807) is 4.90 Å². The van der Waals surface area contributed by atoms with Gasteiger partial charge in [0.2, 0.25) is 0 Å². The predicted octanol–water partition coefficient (Wildman–Crippen LogP) is 3.96. The van der Waals surface area contributed by atoms with Crippen LogP contribution < -0.4 is 5.32 Å². The normalized spacial score (nSPS) is 19.7. The average molecular weight is 593 g/mol. The smallest absolute Gasteiger partial charge is 0.475 e. The fourth-order valence-electron chi connectivity index (χ4n) is 4.47. The molecule has 2 fully saturated rings. The van der Waals surface area contributed by atoms with Gasteiger partial charge in [-0.25, -0.2) is 14.4 Å². The number of thiophene rings is 1. The summed E-state index contributed by atoms with van der Waals surface area (Å²) >= 11 is 1.84. The molecule has 9 nitrogen and oxygen atoms in total. The number of carboxylic acid groups (broad SMARTS) is 2. The molecule has 1 spiro atoms. The number of nitrogens with zero attached hydrogens (tertiary/aromatic N) is 3. The summed E-state index contributed by atoms with van der Waals surface area (Å²) in [5.41, 5.74) is 0.349. The molecule has 16 heteroatoms. The van der Waals surface area contributed by atoms with Crippen LogP contribution in [-0.4, -0.2) is 109 Å². The Kier molecular flexibility index (Phi) is 13.0. The van der Waals surface area contributed by atoms with Crippen molar-refractivity contribution in [2.24, 2.45) is 5.41 Å². The number of nitrogens with one attached hydrogen (secondary N) is 1. The number of urea groups is 1. The van der Waals surface area contributed by atoms with Crippen LogP contribution in [0.1, 0.15) is 30.6 Å². The quantitative estimate of drug-likeness (QED) is 0.454. The van der Waals surface area contributed by atoms with Gasteiger partial charge < -0.3 is 25.3 Å². The molecule has 0 radical (unpaired) electrons. The van der Waals surface area contributed by atoms with Crippen LogP contribution in [0.25, 0.3) is 0 Å². The van der Waals surface area contributed by atoms with Crippen molar-refractivity contribution in [1.82, 2.24) is 20.0 Å². The van der Waals surface area contributed by atoms with Crippen molar-refractivity contribution >= 4 is 29.3 Å². The molecule has 1 aromatic heterocycles. The molecular formula is C23H34F6N4O5S. The molecule has 3 rings (SSSR count). The average Bonchev–Trinajstić information content (AvgIpc) is 3.33. The standard InChI is InChI=1S/C19H32N4OS.2C2HF3O2/c1-21(2)18(24)20-14-17-19(8-11-22(3)12-9-19)7-5-10-23(17)15-16-6-4-13-25-16;2*3-2(4,5)1(6)7/h4,6,13,17H,5,7-12,14-15H2,1-3H3,(H,20,24);2*(H,6,7). The zero-order chi connectivity index (χ0) is 30.0. The summed E-state index contributed by atoms with van der Waals surface area (Å²) in [5.74, 6) is -5.51. The molecule has 2 saturated heterocycles. The number of carbonyl (C=O) groups excluding carboxylic acids is 1. The molecule has 224 valence electrons. The third-order valence-electron chi connectivity index (χ3n) is 6.53. The van der Waals surface area contributed by atoms with Gasteiger partial charge in [-0.1, -0.05) is 6.07 Å². The number of aliphatic carboxylic acids is 2. The van der Waals surface area contributed by atoms with Crippen LogP contribution in [0.2, 0.25) is 0 Å². The second-order valence-electron chi connectivity index (χ2n) is 9.52. The van der Waals surface area contributed by atoms with Gasteiger partial charge in [-0.05, 0) is 69.2 Å². The van der Waals surface area contributed by atoms with Crippen LogP contribution in [0.15, 0.2) is 17.5 Å². The van der Waals surface area contributed by atoms with Crippen LogP contribution in [0, 0.1) is 5.41 Å². The molecule has 3 heterocycles. The zero-order valence-corrected chi connectivity index (χ0v) is 22.6. The molecule has 2 aliphatic heterocycles. The number of piperidine rings is 2. The van der Waals surface area contributed by atoms with Crippen molar-refractivity contribution in [3.8, 4) is 0 Å². The van der Waals surface area contributed by atoms with Crippen molar-refractivity contribution in [1.29, 1.82) is 0 Å². The van der Waals surface area contributed by atoms with Gasteiger partial charge in [0.1, 0.15) is 0 Å². The van der Waals surface area contributed by atoms with Gasteiger partial charge in [-0.15, -0.1) is 11.3 Å². The Bertz CT molecular complexity index is 895. The van der Waals surface area contributed by atoms with Crippen molar-refractivity contribution < 1.29 is 50.9 Å². The van der Waals surface area contributed by atoms with E-state index >= 15 is 0 Å². The summed E-state index contributed by atoms with van der Waals surface area (Å²) in [4.78, 5) is 38.1. The molecule has 0 saturated carbocycles. The number of alkyl halides is 6. The van der Waals surface area contributed by atoms with Gasteiger partial charge in [0.15, 0.2) is 0 Å². The van der Waals surface area contributed by atoms with Gasteiger partial charge in [-0.3, -0.25) is 4.90 Å². The Morgan fingerprint density at radius 3 is 1.95 bits per heavy atom. The number of amides is 2. The molecule has 3 N–H and O–H groups in total. The van der Waals surface area contributed by atoms with Crippen LogP contribution >= 0.6 is 11.3 Å². The summed E-state index contributed by atoms with van der Waals surface area (Å²) in [7, 11) is 5.85. The van der Waals surface area contributed by atoms with Crippen molar-refractivity contribution in [2.45, 2.75) is 50.6 Å². The minimum Gasteiger partial charge on any atom is -0.475 e.